The standard InChI is InChI=1S/C26H33ClN4O3.C2HF3O2/c1-17(2)22(29-24(33)19-8-6-7-18(15-19)23(32)28-5)25(34)30-13-14-31(26(3,4)16-30)21-11-9-20(27)10-12-21;3-2(4,5)1(6)7/h6-12,15,17,22H,13-14,16H2,1-5H3,(H,28,32)(H,29,33);(H,6,7)/t22-;/m1./s1. The van der Waals surface area contributed by atoms with Crippen molar-refractivity contribution in [1.29, 1.82) is 0 Å². The second kappa shape index (κ2) is 13.7. The van der Waals surface area contributed by atoms with Crippen LogP contribution in [0.15, 0.2) is 48.5 Å². The molecule has 2 aromatic rings. The van der Waals surface area contributed by atoms with Crippen LogP contribution in [0.5, 0.6) is 0 Å². The first-order chi connectivity index (χ1) is 19.0. The quantitative estimate of drug-likeness (QED) is 0.458. The zero-order valence-electron chi connectivity index (χ0n) is 23.4. The van der Waals surface area contributed by atoms with Crippen LogP contribution in [0.3, 0.4) is 0 Å². The highest BCUT2D eigenvalue weighted by Gasteiger charge is 2.39. The molecule has 1 saturated heterocycles. The van der Waals surface area contributed by atoms with Crippen LogP contribution in [0.25, 0.3) is 0 Å². The number of benzene rings is 2. The maximum Gasteiger partial charge on any atom is 0.490 e. The van der Waals surface area contributed by atoms with E-state index in [1.807, 2.05) is 43.0 Å². The summed E-state index contributed by atoms with van der Waals surface area (Å²) in [5, 5.41) is 13.3. The van der Waals surface area contributed by atoms with Crippen LogP contribution in [0.2, 0.25) is 5.02 Å². The molecule has 224 valence electrons. The number of hydrogen-bond donors (Lipinski definition) is 3. The molecule has 41 heavy (non-hydrogen) atoms. The average Bonchev–Trinajstić information content (AvgIpc) is 2.90. The molecule has 3 amide bonds. The number of nitrogens with one attached hydrogen (secondary N) is 2. The van der Waals surface area contributed by atoms with Gasteiger partial charge >= 0.3 is 12.1 Å². The number of amides is 3. The summed E-state index contributed by atoms with van der Waals surface area (Å²) in [5.41, 5.74) is 1.50. The van der Waals surface area contributed by atoms with Crippen molar-refractivity contribution in [3.63, 3.8) is 0 Å². The lowest BCUT2D eigenvalue weighted by Crippen LogP contribution is -2.63. The first-order valence-electron chi connectivity index (χ1n) is 12.7. The van der Waals surface area contributed by atoms with Crippen LogP contribution >= 0.6 is 11.6 Å². The number of anilines is 1. The van der Waals surface area contributed by atoms with Crippen LogP contribution in [-0.4, -0.2) is 78.1 Å². The molecule has 0 bridgehead atoms. The molecule has 1 heterocycles. The van der Waals surface area contributed by atoms with E-state index in [-0.39, 0.29) is 29.2 Å². The van der Waals surface area contributed by atoms with Gasteiger partial charge in [0, 0.05) is 48.5 Å². The molecule has 0 spiro atoms. The number of alkyl halides is 3. The van der Waals surface area contributed by atoms with Gasteiger partial charge in [0.05, 0.1) is 5.54 Å². The Morgan fingerprint density at radius 2 is 1.51 bits per heavy atom. The number of rotatable bonds is 6. The third-order valence-corrected chi connectivity index (χ3v) is 6.68. The molecular weight excluding hydrogens is 565 g/mol. The molecule has 0 saturated carbocycles. The minimum Gasteiger partial charge on any atom is -0.475 e. The number of carbonyl (C=O) groups excluding carboxylic acids is 3. The van der Waals surface area contributed by atoms with E-state index in [1.54, 1.807) is 18.2 Å². The van der Waals surface area contributed by atoms with E-state index < -0.39 is 18.2 Å². The SMILES string of the molecule is CNC(=O)c1cccc(C(=O)N[C@@H](C(=O)N2CCN(c3ccc(Cl)cc3)C(C)(C)C2)C(C)C)c1.O=C(O)C(F)(F)F. The number of carboxylic acids is 1. The third kappa shape index (κ3) is 9.10. The Labute approximate surface area is 241 Å². The van der Waals surface area contributed by atoms with E-state index in [1.165, 1.54) is 13.1 Å². The monoisotopic (exact) mass is 598 g/mol. The number of hydrogen-bond acceptors (Lipinski definition) is 5. The van der Waals surface area contributed by atoms with Gasteiger partial charge in [-0.15, -0.1) is 0 Å². The summed E-state index contributed by atoms with van der Waals surface area (Å²) in [5.74, 6) is -3.61. The first-order valence-corrected chi connectivity index (χ1v) is 13.1. The van der Waals surface area contributed by atoms with Gasteiger partial charge in [-0.25, -0.2) is 4.79 Å². The van der Waals surface area contributed by atoms with Crippen molar-refractivity contribution < 1.29 is 37.5 Å². The third-order valence-electron chi connectivity index (χ3n) is 6.43. The Morgan fingerprint density at radius 3 is 1.98 bits per heavy atom. The number of carboxylic acid groups (broad SMARTS) is 1. The Hall–Kier alpha value is -3.80. The van der Waals surface area contributed by atoms with Crippen LogP contribution in [0.4, 0.5) is 18.9 Å². The normalized spacial score (nSPS) is 15.4. The lowest BCUT2D eigenvalue weighted by molar-refractivity contribution is -0.192. The highest BCUT2D eigenvalue weighted by atomic mass is 35.5. The molecule has 1 aliphatic heterocycles. The Bertz CT molecular complexity index is 1250. The summed E-state index contributed by atoms with van der Waals surface area (Å²) in [6.45, 7) is 9.80. The van der Waals surface area contributed by atoms with E-state index in [0.29, 0.717) is 35.8 Å². The molecule has 1 atom stereocenters. The van der Waals surface area contributed by atoms with Gasteiger partial charge in [0.25, 0.3) is 11.8 Å². The second-order valence-corrected chi connectivity index (χ2v) is 10.8. The minimum atomic E-state index is -5.08. The van der Waals surface area contributed by atoms with Crippen LogP contribution in [-0.2, 0) is 9.59 Å². The molecule has 1 aliphatic rings. The molecule has 3 N–H and O–H groups in total. The number of halogens is 4. The van der Waals surface area contributed by atoms with Crippen molar-refractivity contribution in [2.24, 2.45) is 5.92 Å². The van der Waals surface area contributed by atoms with Gasteiger partial charge in [0.15, 0.2) is 0 Å². The van der Waals surface area contributed by atoms with Crippen molar-refractivity contribution >= 4 is 41.0 Å². The van der Waals surface area contributed by atoms with E-state index >= 15 is 0 Å². The molecule has 9 nitrogen and oxygen atoms in total. The van der Waals surface area contributed by atoms with E-state index in [2.05, 4.69) is 29.4 Å². The largest absolute Gasteiger partial charge is 0.490 e. The van der Waals surface area contributed by atoms with Crippen molar-refractivity contribution in [3.05, 3.63) is 64.7 Å². The van der Waals surface area contributed by atoms with Gasteiger partial charge in [-0.1, -0.05) is 31.5 Å². The fourth-order valence-corrected chi connectivity index (χ4v) is 4.45. The van der Waals surface area contributed by atoms with Gasteiger partial charge in [-0.2, -0.15) is 13.2 Å². The van der Waals surface area contributed by atoms with Crippen molar-refractivity contribution in [3.8, 4) is 0 Å². The zero-order chi connectivity index (χ0) is 31.1. The Kier molecular flexibility index (Phi) is 11.2. The molecule has 3 rings (SSSR count). The smallest absolute Gasteiger partial charge is 0.475 e. The predicted molar refractivity (Wildman–Crippen MR) is 149 cm³/mol. The van der Waals surface area contributed by atoms with Gasteiger partial charge in [-0.05, 0) is 62.2 Å². The highest BCUT2D eigenvalue weighted by molar-refractivity contribution is 6.30. The highest BCUT2D eigenvalue weighted by Crippen LogP contribution is 2.29. The minimum absolute atomic E-state index is 0.101. The van der Waals surface area contributed by atoms with Crippen LogP contribution in [0, 0.1) is 5.92 Å². The summed E-state index contributed by atoms with van der Waals surface area (Å²) >= 11 is 6.04. The molecule has 2 aromatic carbocycles. The number of piperazine rings is 1. The second-order valence-electron chi connectivity index (χ2n) is 10.4. The average molecular weight is 599 g/mol. The lowest BCUT2D eigenvalue weighted by atomic mass is 9.95. The van der Waals surface area contributed by atoms with Gasteiger partial charge < -0.3 is 25.5 Å². The fourth-order valence-electron chi connectivity index (χ4n) is 4.32. The topological polar surface area (TPSA) is 119 Å². The van der Waals surface area contributed by atoms with Gasteiger partial charge in [0.2, 0.25) is 5.91 Å². The summed E-state index contributed by atoms with van der Waals surface area (Å²) in [6, 6.07) is 13.5. The molecule has 0 radical (unpaired) electrons. The fraction of sp³-hybridized carbons (Fsp3) is 0.429. The summed E-state index contributed by atoms with van der Waals surface area (Å²) < 4.78 is 31.7. The predicted octanol–water partition coefficient (Wildman–Crippen LogP) is 4.21. The first kappa shape index (κ1) is 33.4. The number of nitrogens with zero attached hydrogens (tertiary/aromatic N) is 2. The van der Waals surface area contributed by atoms with E-state index in [4.69, 9.17) is 21.5 Å². The maximum absolute atomic E-state index is 13.5. The molecule has 0 aliphatic carbocycles. The number of aliphatic carboxylic acids is 1. The Balaban J connectivity index is 0.000000745. The van der Waals surface area contributed by atoms with E-state index in [0.717, 1.165) is 5.69 Å². The van der Waals surface area contributed by atoms with Crippen LogP contribution < -0.4 is 15.5 Å². The van der Waals surface area contributed by atoms with E-state index in [9.17, 15) is 27.6 Å². The molecule has 1 fully saturated rings. The van der Waals surface area contributed by atoms with Crippen LogP contribution in [0.1, 0.15) is 48.4 Å². The lowest BCUT2D eigenvalue weighted by Gasteiger charge is -2.49. The van der Waals surface area contributed by atoms with Crippen molar-refractivity contribution in [1.82, 2.24) is 15.5 Å². The molecule has 13 heteroatoms. The summed E-state index contributed by atoms with van der Waals surface area (Å²) in [6.07, 6.45) is -5.08. The van der Waals surface area contributed by atoms with Gasteiger partial charge in [0.1, 0.15) is 6.04 Å². The molecule has 0 unspecified atom stereocenters. The summed E-state index contributed by atoms with van der Waals surface area (Å²) in [4.78, 5) is 51.4. The zero-order valence-corrected chi connectivity index (χ0v) is 24.1. The Morgan fingerprint density at radius 1 is 0.976 bits per heavy atom. The van der Waals surface area contributed by atoms with Crippen molar-refractivity contribution in [2.45, 2.75) is 45.5 Å². The number of carbonyl (C=O) groups is 4. The maximum atomic E-state index is 13.5. The van der Waals surface area contributed by atoms with Gasteiger partial charge in [-0.3, -0.25) is 14.4 Å². The molecule has 0 aromatic heterocycles. The van der Waals surface area contributed by atoms with Crippen molar-refractivity contribution in [2.75, 3.05) is 31.6 Å². The molecular formula is C28H34ClF3N4O5. The summed E-state index contributed by atoms with van der Waals surface area (Å²) in [7, 11) is 1.54.